The van der Waals surface area contributed by atoms with Gasteiger partial charge in [0.15, 0.2) is 0 Å². The lowest BCUT2D eigenvalue weighted by molar-refractivity contribution is -0.141. The van der Waals surface area contributed by atoms with Crippen molar-refractivity contribution in [1.29, 1.82) is 0 Å². The zero-order chi connectivity index (χ0) is 19.4. The third-order valence-electron chi connectivity index (χ3n) is 5.05. The van der Waals surface area contributed by atoms with Crippen LogP contribution in [-0.2, 0) is 11.0 Å². The molecule has 2 saturated heterocycles. The van der Waals surface area contributed by atoms with E-state index in [1.165, 1.54) is 0 Å². The van der Waals surface area contributed by atoms with Crippen LogP contribution in [0.1, 0.15) is 41.7 Å². The fourth-order valence-electron chi connectivity index (χ4n) is 3.56. The summed E-state index contributed by atoms with van der Waals surface area (Å²) < 4.78 is 37.8. The molecule has 0 bridgehead atoms. The number of rotatable bonds is 4. The SMILES string of the molecule is O=C(NCC1CCCN(C(=O)c2ccc(C(F)(F)F)nc2)C1)C1CCCN1. The van der Waals surface area contributed by atoms with Crippen molar-refractivity contribution >= 4 is 11.8 Å². The molecule has 27 heavy (non-hydrogen) atoms. The van der Waals surface area contributed by atoms with E-state index in [1.807, 2.05) is 0 Å². The molecule has 2 N–H and O–H groups in total. The molecule has 1 aromatic rings. The molecule has 2 amide bonds. The van der Waals surface area contributed by atoms with Gasteiger partial charge in [-0.3, -0.25) is 14.6 Å². The number of amides is 2. The molecule has 2 aliphatic heterocycles. The van der Waals surface area contributed by atoms with Crippen molar-refractivity contribution in [3.8, 4) is 0 Å². The summed E-state index contributed by atoms with van der Waals surface area (Å²) in [5, 5.41) is 6.08. The summed E-state index contributed by atoms with van der Waals surface area (Å²) >= 11 is 0. The number of carbonyl (C=O) groups excluding carboxylic acids is 2. The molecule has 1 aromatic heterocycles. The van der Waals surface area contributed by atoms with Crippen LogP contribution in [-0.4, -0.2) is 53.9 Å². The third-order valence-corrected chi connectivity index (χ3v) is 5.05. The number of likely N-dealkylation sites (tertiary alicyclic amines) is 1. The zero-order valence-corrected chi connectivity index (χ0v) is 14.9. The number of aromatic nitrogens is 1. The van der Waals surface area contributed by atoms with Gasteiger partial charge in [-0.15, -0.1) is 0 Å². The number of hydrogen-bond acceptors (Lipinski definition) is 4. The highest BCUT2D eigenvalue weighted by atomic mass is 19.4. The normalized spacial score (nSPS) is 23.3. The molecule has 2 atom stereocenters. The zero-order valence-electron chi connectivity index (χ0n) is 14.9. The van der Waals surface area contributed by atoms with Crippen molar-refractivity contribution in [2.75, 3.05) is 26.2 Å². The van der Waals surface area contributed by atoms with E-state index in [-0.39, 0.29) is 29.3 Å². The number of hydrogen-bond donors (Lipinski definition) is 2. The monoisotopic (exact) mass is 384 g/mol. The second-order valence-electron chi connectivity index (χ2n) is 7.08. The van der Waals surface area contributed by atoms with Crippen molar-refractivity contribution in [1.82, 2.24) is 20.5 Å². The minimum atomic E-state index is -4.52. The molecule has 2 unspecified atom stereocenters. The maximum Gasteiger partial charge on any atom is 0.433 e. The molecular weight excluding hydrogens is 361 g/mol. The van der Waals surface area contributed by atoms with Gasteiger partial charge in [-0.1, -0.05) is 0 Å². The molecule has 0 radical (unpaired) electrons. The Bertz CT molecular complexity index is 672. The molecule has 148 valence electrons. The number of halogens is 3. The molecule has 0 spiro atoms. The van der Waals surface area contributed by atoms with Crippen LogP contribution < -0.4 is 10.6 Å². The number of nitrogens with zero attached hydrogens (tertiary/aromatic N) is 2. The van der Waals surface area contributed by atoms with Crippen LogP contribution in [0.25, 0.3) is 0 Å². The first-order chi connectivity index (χ1) is 12.8. The average molecular weight is 384 g/mol. The van der Waals surface area contributed by atoms with Gasteiger partial charge in [0, 0.05) is 25.8 Å². The molecule has 0 aromatic carbocycles. The Balaban J connectivity index is 1.53. The van der Waals surface area contributed by atoms with Crippen LogP contribution in [0.2, 0.25) is 0 Å². The van der Waals surface area contributed by atoms with Gasteiger partial charge in [0.05, 0.1) is 11.6 Å². The maximum absolute atomic E-state index is 12.6. The molecule has 9 heteroatoms. The fourth-order valence-corrected chi connectivity index (χ4v) is 3.56. The highest BCUT2D eigenvalue weighted by Gasteiger charge is 2.33. The predicted octanol–water partition coefficient (Wildman–Crippen LogP) is 1.82. The molecule has 3 heterocycles. The molecule has 0 saturated carbocycles. The van der Waals surface area contributed by atoms with E-state index >= 15 is 0 Å². The first kappa shape index (κ1) is 19.6. The summed E-state index contributed by atoms with van der Waals surface area (Å²) in [5.41, 5.74) is -0.873. The summed E-state index contributed by atoms with van der Waals surface area (Å²) in [6, 6.07) is 1.85. The van der Waals surface area contributed by atoms with Crippen molar-refractivity contribution in [2.45, 2.75) is 37.9 Å². The Kier molecular flexibility index (Phi) is 5.98. The summed E-state index contributed by atoms with van der Waals surface area (Å²) in [4.78, 5) is 29.6. The highest BCUT2D eigenvalue weighted by Crippen LogP contribution is 2.27. The number of piperidine rings is 1. The largest absolute Gasteiger partial charge is 0.433 e. The standard InChI is InChI=1S/C18H23F3N4O2/c19-18(20,21)15-6-5-13(10-23-15)17(27)25-8-2-3-12(11-25)9-24-16(26)14-4-1-7-22-14/h5-6,10,12,14,22H,1-4,7-9,11H2,(H,24,26). The first-order valence-electron chi connectivity index (χ1n) is 9.18. The summed E-state index contributed by atoms with van der Waals surface area (Å²) in [5.74, 6) is -0.205. The lowest BCUT2D eigenvalue weighted by atomic mass is 9.97. The third kappa shape index (κ3) is 4.97. The van der Waals surface area contributed by atoms with Gasteiger partial charge in [0.2, 0.25) is 5.91 Å². The second-order valence-corrected chi connectivity index (χ2v) is 7.08. The van der Waals surface area contributed by atoms with Gasteiger partial charge in [-0.2, -0.15) is 13.2 Å². The minimum absolute atomic E-state index is 0.0112. The van der Waals surface area contributed by atoms with E-state index in [0.29, 0.717) is 19.6 Å². The van der Waals surface area contributed by atoms with E-state index in [4.69, 9.17) is 0 Å². The van der Waals surface area contributed by atoms with E-state index in [9.17, 15) is 22.8 Å². The molecule has 0 aliphatic carbocycles. The fraction of sp³-hybridized carbons (Fsp3) is 0.611. The van der Waals surface area contributed by atoms with Gasteiger partial charge < -0.3 is 15.5 Å². The number of nitrogens with one attached hydrogen (secondary N) is 2. The quantitative estimate of drug-likeness (QED) is 0.831. The molecule has 6 nitrogen and oxygen atoms in total. The van der Waals surface area contributed by atoms with Gasteiger partial charge >= 0.3 is 6.18 Å². The summed E-state index contributed by atoms with van der Waals surface area (Å²) in [6.07, 6.45) is -0.0328. The van der Waals surface area contributed by atoms with Crippen LogP contribution >= 0.6 is 0 Å². The van der Waals surface area contributed by atoms with Crippen LogP contribution in [0.3, 0.4) is 0 Å². The van der Waals surface area contributed by atoms with Crippen LogP contribution in [0.5, 0.6) is 0 Å². The lowest BCUT2D eigenvalue weighted by Crippen LogP contribution is -2.46. The van der Waals surface area contributed by atoms with Gasteiger partial charge in [0.1, 0.15) is 5.69 Å². The summed E-state index contributed by atoms with van der Waals surface area (Å²) in [6.45, 7) is 2.36. The molecule has 2 fully saturated rings. The van der Waals surface area contributed by atoms with E-state index < -0.39 is 11.9 Å². The van der Waals surface area contributed by atoms with E-state index in [2.05, 4.69) is 15.6 Å². The van der Waals surface area contributed by atoms with Crippen molar-refractivity contribution in [3.05, 3.63) is 29.6 Å². The second kappa shape index (κ2) is 8.24. The van der Waals surface area contributed by atoms with E-state index in [0.717, 1.165) is 50.6 Å². The Morgan fingerprint density at radius 1 is 1.26 bits per heavy atom. The van der Waals surface area contributed by atoms with Crippen LogP contribution in [0, 0.1) is 5.92 Å². The lowest BCUT2D eigenvalue weighted by Gasteiger charge is -2.33. The Morgan fingerprint density at radius 2 is 2.07 bits per heavy atom. The Hall–Kier alpha value is -2.16. The van der Waals surface area contributed by atoms with Gasteiger partial charge in [-0.05, 0) is 50.3 Å². The molecule has 2 aliphatic rings. The number of pyridine rings is 1. The minimum Gasteiger partial charge on any atom is -0.354 e. The molecular formula is C18H23F3N4O2. The average Bonchev–Trinajstić information content (AvgIpc) is 3.20. The molecule has 3 rings (SSSR count). The highest BCUT2D eigenvalue weighted by molar-refractivity contribution is 5.94. The van der Waals surface area contributed by atoms with Crippen molar-refractivity contribution in [3.63, 3.8) is 0 Å². The van der Waals surface area contributed by atoms with Crippen LogP contribution in [0.15, 0.2) is 18.3 Å². The van der Waals surface area contributed by atoms with Crippen LogP contribution in [0.4, 0.5) is 13.2 Å². The Morgan fingerprint density at radius 3 is 2.70 bits per heavy atom. The van der Waals surface area contributed by atoms with Crippen molar-refractivity contribution < 1.29 is 22.8 Å². The van der Waals surface area contributed by atoms with E-state index in [1.54, 1.807) is 4.90 Å². The van der Waals surface area contributed by atoms with Gasteiger partial charge in [-0.25, -0.2) is 0 Å². The first-order valence-corrected chi connectivity index (χ1v) is 9.18. The maximum atomic E-state index is 12.6. The topological polar surface area (TPSA) is 74.3 Å². The smallest absolute Gasteiger partial charge is 0.354 e. The van der Waals surface area contributed by atoms with Gasteiger partial charge in [0.25, 0.3) is 5.91 Å². The number of alkyl halides is 3. The Labute approximate surface area is 155 Å². The number of carbonyl (C=O) groups is 2. The predicted molar refractivity (Wildman–Crippen MR) is 91.9 cm³/mol. The summed E-state index contributed by atoms with van der Waals surface area (Å²) in [7, 11) is 0. The van der Waals surface area contributed by atoms with Crippen molar-refractivity contribution in [2.24, 2.45) is 5.92 Å².